The molecular formula is C15H21NO3. The van der Waals surface area contributed by atoms with Crippen LogP contribution in [0.3, 0.4) is 0 Å². The van der Waals surface area contributed by atoms with Gasteiger partial charge >= 0.3 is 6.09 Å². The molecule has 19 heavy (non-hydrogen) atoms. The van der Waals surface area contributed by atoms with Crippen LogP contribution in [0.2, 0.25) is 0 Å². The van der Waals surface area contributed by atoms with Crippen molar-refractivity contribution < 1.29 is 14.6 Å². The lowest BCUT2D eigenvalue weighted by molar-refractivity contribution is 0.0152. The van der Waals surface area contributed by atoms with Gasteiger partial charge in [-0.25, -0.2) is 4.79 Å². The van der Waals surface area contributed by atoms with Crippen molar-refractivity contribution in [3.05, 3.63) is 35.9 Å². The Hall–Kier alpha value is -1.55. The second-order valence-electron chi connectivity index (χ2n) is 5.89. The van der Waals surface area contributed by atoms with E-state index < -0.39 is 11.7 Å². The van der Waals surface area contributed by atoms with Crippen LogP contribution in [0, 0.1) is 0 Å². The molecule has 1 amide bonds. The van der Waals surface area contributed by atoms with Crippen molar-refractivity contribution in [2.45, 2.75) is 44.9 Å². The van der Waals surface area contributed by atoms with Crippen LogP contribution in [-0.2, 0) is 4.74 Å². The Balaban J connectivity index is 2.18. The third-order valence-corrected chi connectivity index (χ3v) is 3.14. The number of carbonyl (C=O) groups is 1. The molecule has 0 spiro atoms. The van der Waals surface area contributed by atoms with E-state index in [0.29, 0.717) is 13.0 Å². The molecule has 1 heterocycles. The smallest absolute Gasteiger partial charge is 0.410 e. The van der Waals surface area contributed by atoms with E-state index in [1.165, 1.54) is 0 Å². The molecule has 1 N–H and O–H groups in total. The third kappa shape index (κ3) is 3.26. The molecule has 0 unspecified atom stereocenters. The zero-order valence-corrected chi connectivity index (χ0v) is 11.7. The van der Waals surface area contributed by atoms with Crippen LogP contribution in [0.15, 0.2) is 30.3 Å². The Morgan fingerprint density at radius 2 is 1.95 bits per heavy atom. The Bertz CT molecular complexity index is 438. The Morgan fingerprint density at radius 3 is 2.53 bits per heavy atom. The van der Waals surface area contributed by atoms with E-state index >= 15 is 0 Å². The van der Waals surface area contributed by atoms with E-state index in [1.807, 2.05) is 51.1 Å². The van der Waals surface area contributed by atoms with Crippen molar-refractivity contribution in [2.24, 2.45) is 0 Å². The normalized spacial score (nSPS) is 23.5. The van der Waals surface area contributed by atoms with Gasteiger partial charge in [0.15, 0.2) is 0 Å². The van der Waals surface area contributed by atoms with Gasteiger partial charge in [-0.15, -0.1) is 0 Å². The van der Waals surface area contributed by atoms with E-state index in [2.05, 4.69) is 0 Å². The van der Waals surface area contributed by atoms with Gasteiger partial charge in [-0.05, 0) is 32.8 Å². The summed E-state index contributed by atoms with van der Waals surface area (Å²) in [4.78, 5) is 13.8. The van der Waals surface area contributed by atoms with E-state index in [-0.39, 0.29) is 12.1 Å². The maximum absolute atomic E-state index is 12.2. The van der Waals surface area contributed by atoms with Crippen LogP contribution in [0.25, 0.3) is 0 Å². The van der Waals surface area contributed by atoms with Gasteiger partial charge in [-0.2, -0.15) is 0 Å². The summed E-state index contributed by atoms with van der Waals surface area (Å²) in [5.41, 5.74) is 0.421. The van der Waals surface area contributed by atoms with Crippen LogP contribution in [-0.4, -0.2) is 34.3 Å². The van der Waals surface area contributed by atoms with Gasteiger partial charge in [-0.1, -0.05) is 30.3 Å². The standard InChI is InChI=1S/C15H21NO3/c1-15(2,3)19-14(18)16-10-9-12(17)13(16)11-7-5-4-6-8-11/h4-8,12-13,17H,9-10H2,1-3H3/t12-,13-/m1/s1. The minimum absolute atomic E-state index is 0.309. The average molecular weight is 263 g/mol. The summed E-state index contributed by atoms with van der Waals surface area (Å²) in [6, 6.07) is 9.29. The van der Waals surface area contributed by atoms with Gasteiger partial charge in [-0.3, -0.25) is 4.90 Å². The number of carbonyl (C=O) groups excluding carboxylic acids is 1. The molecule has 4 heteroatoms. The Kier molecular flexibility index (Phi) is 3.80. The fraction of sp³-hybridized carbons (Fsp3) is 0.533. The number of aliphatic hydroxyl groups is 1. The van der Waals surface area contributed by atoms with E-state index in [4.69, 9.17) is 4.74 Å². The van der Waals surface area contributed by atoms with Crippen LogP contribution < -0.4 is 0 Å². The number of amides is 1. The largest absolute Gasteiger partial charge is 0.444 e. The number of hydrogen-bond acceptors (Lipinski definition) is 3. The molecule has 2 atom stereocenters. The summed E-state index contributed by atoms with van der Waals surface area (Å²) >= 11 is 0. The Morgan fingerprint density at radius 1 is 1.32 bits per heavy atom. The van der Waals surface area contributed by atoms with Crippen LogP contribution in [0.5, 0.6) is 0 Å². The molecule has 0 aliphatic carbocycles. The summed E-state index contributed by atoms with van der Waals surface area (Å²) in [6.45, 7) is 6.05. The lowest BCUT2D eigenvalue weighted by Gasteiger charge is -2.29. The van der Waals surface area contributed by atoms with E-state index in [0.717, 1.165) is 5.56 Å². The first-order valence-electron chi connectivity index (χ1n) is 6.61. The van der Waals surface area contributed by atoms with Gasteiger partial charge in [0, 0.05) is 6.54 Å². The summed E-state index contributed by atoms with van der Waals surface area (Å²) < 4.78 is 5.40. The molecule has 2 rings (SSSR count). The molecule has 0 radical (unpaired) electrons. The molecule has 1 aromatic carbocycles. The zero-order chi connectivity index (χ0) is 14.0. The number of ether oxygens (including phenoxy) is 1. The van der Waals surface area contributed by atoms with Crippen molar-refractivity contribution >= 4 is 6.09 Å². The first kappa shape index (κ1) is 13.9. The maximum atomic E-state index is 12.2. The lowest BCUT2D eigenvalue weighted by Crippen LogP contribution is -2.37. The topological polar surface area (TPSA) is 49.8 Å². The highest BCUT2D eigenvalue weighted by Gasteiger charge is 2.38. The van der Waals surface area contributed by atoms with Crippen molar-refractivity contribution in [3.63, 3.8) is 0 Å². The highest BCUT2D eigenvalue weighted by atomic mass is 16.6. The molecule has 1 aliphatic heterocycles. The van der Waals surface area contributed by atoms with Crippen molar-refractivity contribution in [2.75, 3.05) is 6.54 Å². The lowest BCUT2D eigenvalue weighted by atomic mass is 10.0. The van der Waals surface area contributed by atoms with Crippen molar-refractivity contribution in [1.29, 1.82) is 0 Å². The van der Waals surface area contributed by atoms with Gasteiger partial charge in [0.2, 0.25) is 0 Å². The predicted octanol–water partition coefficient (Wildman–Crippen LogP) is 2.73. The number of nitrogens with zero attached hydrogens (tertiary/aromatic N) is 1. The molecule has 1 fully saturated rings. The fourth-order valence-corrected chi connectivity index (χ4v) is 2.35. The third-order valence-electron chi connectivity index (χ3n) is 3.14. The SMILES string of the molecule is CC(C)(C)OC(=O)N1CC[C@@H](O)[C@H]1c1ccccc1. The number of benzene rings is 1. The van der Waals surface area contributed by atoms with E-state index in [9.17, 15) is 9.90 Å². The van der Waals surface area contributed by atoms with Gasteiger partial charge in [0.05, 0.1) is 12.1 Å². The first-order chi connectivity index (χ1) is 8.88. The predicted molar refractivity (Wildman–Crippen MR) is 72.7 cm³/mol. The molecule has 1 aliphatic rings. The molecule has 0 bridgehead atoms. The van der Waals surface area contributed by atoms with Gasteiger partial charge < -0.3 is 9.84 Å². The molecule has 4 nitrogen and oxygen atoms in total. The Labute approximate surface area is 114 Å². The first-order valence-corrected chi connectivity index (χ1v) is 6.61. The number of hydrogen-bond donors (Lipinski definition) is 1. The van der Waals surface area contributed by atoms with Gasteiger partial charge in [0.25, 0.3) is 0 Å². The number of rotatable bonds is 1. The molecule has 1 aromatic rings. The summed E-state index contributed by atoms with van der Waals surface area (Å²) in [5, 5.41) is 10.1. The van der Waals surface area contributed by atoms with Crippen molar-refractivity contribution in [3.8, 4) is 0 Å². The minimum Gasteiger partial charge on any atom is -0.444 e. The summed E-state index contributed by atoms with van der Waals surface area (Å²) in [6.07, 6.45) is -0.313. The number of likely N-dealkylation sites (tertiary alicyclic amines) is 1. The van der Waals surface area contributed by atoms with Crippen LogP contribution >= 0.6 is 0 Å². The zero-order valence-electron chi connectivity index (χ0n) is 11.7. The van der Waals surface area contributed by atoms with Crippen LogP contribution in [0.4, 0.5) is 4.79 Å². The number of aliphatic hydroxyl groups excluding tert-OH is 1. The second-order valence-corrected chi connectivity index (χ2v) is 5.89. The highest BCUT2D eigenvalue weighted by Crippen LogP contribution is 2.33. The van der Waals surface area contributed by atoms with E-state index in [1.54, 1.807) is 4.90 Å². The molecular weight excluding hydrogens is 242 g/mol. The fourth-order valence-electron chi connectivity index (χ4n) is 2.35. The second kappa shape index (κ2) is 5.21. The minimum atomic E-state index is -0.532. The monoisotopic (exact) mass is 263 g/mol. The molecule has 1 saturated heterocycles. The molecule has 0 saturated carbocycles. The highest BCUT2D eigenvalue weighted by molar-refractivity contribution is 5.69. The molecule has 104 valence electrons. The maximum Gasteiger partial charge on any atom is 0.410 e. The van der Waals surface area contributed by atoms with Gasteiger partial charge in [0.1, 0.15) is 5.60 Å². The molecule has 0 aromatic heterocycles. The summed E-state index contributed by atoms with van der Waals surface area (Å²) in [5.74, 6) is 0. The van der Waals surface area contributed by atoms with Crippen LogP contribution in [0.1, 0.15) is 38.8 Å². The average Bonchev–Trinajstić information content (AvgIpc) is 2.70. The quantitative estimate of drug-likeness (QED) is 0.847. The summed E-state index contributed by atoms with van der Waals surface area (Å²) in [7, 11) is 0. The van der Waals surface area contributed by atoms with Crippen molar-refractivity contribution in [1.82, 2.24) is 4.90 Å².